The van der Waals surface area contributed by atoms with Gasteiger partial charge in [0.05, 0.1) is 12.0 Å². The predicted molar refractivity (Wildman–Crippen MR) is 168 cm³/mol. The number of benzene rings is 3. The Morgan fingerprint density at radius 3 is 2.21 bits per heavy atom. The summed E-state index contributed by atoms with van der Waals surface area (Å²) in [4.78, 5) is 29.5. The number of sulfonamides is 1. The number of aryl methyl sites for hydroxylation is 1. The van der Waals surface area contributed by atoms with Crippen LogP contribution < -0.4 is 14.8 Å². The van der Waals surface area contributed by atoms with Crippen LogP contribution in [0.2, 0.25) is 0 Å². The van der Waals surface area contributed by atoms with E-state index in [1.54, 1.807) is 36.3 Å². The number of carbonyl (C=O) groups excluding carboxylic acids is 2. The van der Waals surface area contributed by atoms with E-state index in [2.05, 4.69) is 17.0 Å². The van der Waals surface area contributed by atoms with E-state index < -0.39 is 16.1 Å². The van der Waals surface area contributed by atoms with Crippen LogP contribution in [0, 0.1) is 0 Å². The normalized spacial score (nSPS) is 13.7. The Bertz CT molecular complexity index is 1420. The maximum absolute atomic E-state index is 13.9. The fourth-order valence-corrected chi connectivity index (χ4v) is 6.21. The van der Waals surface area contributed by atoms with Crippen molar-refractivity contribution in [3.05, 3.63) is 95.6 Å². The summed E-state index contributed by atoms with van der Waals surface area (Å²) in [5, 5.41) is 3.07. The third kappa shape index (κ3) is 9.93. The molecule has 8 nitrogen and oxygen atoms in total. The molecule has 0 heterocycles. The first kappa shape index (κ1) is 32.2. The number of amides is 2. The van der Waals surface area contributed by atoms with Crippen LogP contribution in [0.3, 0.4) is 0 Å². The summed E-state index contributed by atoms with van der Waals surface area (Å²) in [6, 6.07) is 23.3. The van der Waals surface area contributed by atoms with Crippen molar-refractivity contribution in [2.75, 3.05) is 13.7 Å². The highest BCUT2D eigenvalue weighted by molar-refractivity contribution is 7.89. The van der Waals surface area contributed by atoms with Crippen molar-refractivity contribution >= 4 is 21.8 Å². The summed E-state index contributed by atoms with van der Waals surface area (Å²) in [5.74, 6) is 0.404. The number of ether oxygens (including phenoxy) is 1. The maximum atomic E-state index is 13.9. The molecule has 9 heteroatoms. The summed E-state index contributed by atoms with van der Waals surface area (Å²) >= 11 is 0. The molecule has 3 aromatic carbocycles. The molecule has 1 saturated carbocycles. The Morgan fingerprint density at radius 2 is 1.58 bits per heavy atom. The Labute approximate surface area is 255 Å². The van der Waals surface area contributed by atoms with Gasteiger partial charge >= 0.3 is 0 Å². The minimum Gasteiger partial charge on any atom is -0.497 e. The molecule has 4 rings (SSSR count). The highest BCUT2D eigenvalue weighted by Crippen LogP contribution is 2.23. The van der Waals surface area contributed by atoms with Gasteiger partial charge < -0.3 is 15.0 Å². The largest absolute Gasteiger partial charge is 0.497 e. The highest BCUT2D eigenvalue weighted by Gasteiger charge is 2.30. The number of hydrogen-bond acceptors (Lipinski definition) is 5. The van der Waals surface area contributed by atoms with Crippen LogP contribution in [0.4, 0.5) is 0 Å². The third-order valence-corrected chi connectivity index (χ3v) is 9.16. The molecule has 1 fully saturated rings. The number of rotatable bonds is 17. The van der Waals surface area contributed by atoms with Gasteiger partial charge in [-0.05, 0) is 66.6 Å². The van der Waals surface area contributed by atoms with Crippen molar-refractivity contribution in [2.45, 2.75) is 81.8 Å². The van der Waals surface area contributed by atoms with Crippen LogP contribution in [0.5, 0.6) is 5.75 Å². The molecule has 0 radical (unpaired) electrons. The van der Waals surface area contributed by atoms with Crippen molar-refractivity contribution in [1.82, 2.24) is 14.9 Å². The standard InChI is InChI=1S/C34H43N3O5S/c1-3-4-8-23-35-34(39)32(24-27-9-6-5-7-10-27)37(25-28-11-18-30(42-2)19-12-28)33(38)22-15-26-13-20-31(21-14-26)43(40,41)36-29-16-17-29/h5-7,9-14,18-21,29,32,36H,3-4,8,15-17,22-25H2,1-2H3,(H,35,39)/t32-/m0/s1. The molecule has 0 spiro atoms. The average Bonchev–Trinajstić information content (AvgIpc) is 3.84. The minimum atomic E-state index is -3.54. The molecule has 3 aromatic rings. The molecule has 0 saturated heterocycles. The summed E-state index contributed by atoms with van der Waals surface area (Å²) < 4.78 is 33.1. The van der Waals surface area contributed by atoms with Crippen LogP contribution >= 0.6 is 0 Å². The van der Waals surface area contributed by atoms with Crippen LogP contribution in [-0.4, -0.2) is 50.9 Å². The number of nitrogens with one attached hydrogen (secondary N) is 2. The molecule has 0 unspecified atom stereocenters. The SMILES string of the molecule is CCCCCNC(=O)[C@H](Cc1ccccc1)N(Cc1ccc(OC)cc1)C(=O)CCc1ccc(S(=O)(=O)NC2CC2)cc1. The molecule has 0 aromatic heterocycles. The fourth-order valence-electron chi connectivity index (χ4n) is 4.90. The number of hydrogen-bond donors (Lipinski definition) is 2. The maximum Gasteiger partial charge on any atom is 0.243 e. The van der Waals surface area contributed by atoms with Gasteiger partial charge in [-0.1, -0.05) is 74.4 Å². The molecule has 2 amide bonds. The van der Waals surface area contributed by atoms with E-state index in [0.29, 0.717) is 25.1 Å². The molecule has 0 aliphatic heterocycles. The third-order valence-electron chi connectivity index (χ3n) is 7.62. The first-order valence-corrected chi connectivity index (χ1v) is 16.6. The lowest BCUT2D eigenvalue weighted by atomic mass is 10.0. The zero-order valence-corrected chi connectivity index (χ0v) is 25.9. The van der Waals surface area contributed by atoms with E-state index in [-0.39, 0.29) is 35.7 Å². The van der Waals surface area contributed by atoms with Gasteiger partial charge in [-0.3, -0.25) is 9.59 Å². The number of unbranched alkanes of at least 4 members (excludes halogenated alkanes) is 2. The molecule has 2 N–H and O–H groups in total. The van der Waals surface area contributed by atoms with Crippen molar-refractivity contribution in [2.24, 2.45) is 0 Å². The lowest BCUT2D eigenvalue weighted by molar-refractivity contribution is -0.141. The van der Waals surface area contributed by atoms with Gasteiger partial charge in [0, 0.05) is 32.0 Å². The first-order valence-electron chi connectivity index (χ1n) is 15.1. The predicted octanol–water partition coefficient (Wildman–Crippen LogP) is 5.02. The summed E-state index contributed by atoms with van der Waals surface area (Å²) in [6.45, 7) is 2.95. The zero-order chi connectivity index (χ0) is 30.7. The molecular weight excluding hydrogens is 562 g/mol. The molecule has 230 valence electrons. The Morgan fingerprint density at radius 1 is 0.907 bits per heavy atom. The van der Waals surface area contributed by atoms with Crippen molar-refractivity contribution < 1.29 is 22.7 Å². The van der Waals surface area contributed by atoms with E-state index in [1.165, 1.54) is 0 Å². The molecular formula is C34H43N3O5S. The topological polar surface area (TPSA) is 105 Å². The smallest absolute Gasteiger partial charge is 0.243 e. The number of carbonyl (C=O) groups is 2. The van der Waals surface area contributed by atoms with Crippen molar-refractivity contribution in [3.63, 3.8) is 0 Å². The van der Waals surface area contributed by atoms with E-state index >= 15 is 0 Å². The van der Waals surface area contributed by atoms with E-state index in [1.807, 2.05) is 54.6 Å². The van der Waals surface area contributed by atoms with Crippen LogP contribution in [0.25, 0.3) is 0 Å². The summed E-state index contributed by atoms with van der Waals surface area (Å²) in [5.41, 5.74) is 2.72. The van der Waals surface area contributed by atoms with Gasteiger partial charge in [-0.15, -0.1) is 0 Å². The zero-order valence-electron chi connectivity index (χ0n) is 25.1. The van der Waals surface area contributed by atoms with Gasteiger partial charge in [0.25, 0.3) is 0 Å². The molecule has 1 aliphatic rings. The van der Waals surface area contributed by atoms with Crippen molar-refractivity contribution in [3.8, 4) is 5.75 Å². The van der Waals surface area contributed by atoms with Crippen LogP contribution in [-0.2, 0) is 39.0 Å². The average molecular weight is 606 g/mol. The van der Waals surface area contributed by atoms with Gasteiger partial charge in [0.1, 0.15) is 11.8 Å². The molecule has 1 aliphatic carbocycles. The Hall–Kier alpha value is -3.69. The quantitative estimate of drug-likeness (QED) is 0.211. The second-order valence-corrected chi connectivity index (χ2v) is 12.8. The summed E-state index contributed by atoms with van der Waals surface area (Å²) in [7, 11) is -1.93. The van der Waals surface area contributed by atoms with Gasteiger partial charge in [0.15, 0.2) is 0 Å². The van der Waals surface area contributed by atoms with E-state index in [0.717, 1.165) is 48.8 Å². The number of methoxy groups -OCH3 is 1. The van der Waals surface area contributed by atoms with Crippen LogP contribution in [0.1, 0.15) is 62.1 Å². The second-order valence-electron chi connectivity index (χ2n) is 11.1. The highest BCUT2D eigenvalue weighted by atomic mass is 32.2. The number of nitrogens with zero attached hydrogens (tertiary/aromatic N) is 1. The monoisotopic (exact) mass is 605 g/mol. The molecule has 43 heavy (non-hydrogen) atoms. The van der Waals surface area contributed by atoms with Crippen molar-refractivity contribution in [1.29, 1.82) is 0 Å². The molecule has 1 atom stereocenters. The second kappa shape index (κ2) is 15.7. The van der Waals surface area contributed by atoms with E-state index in [4.69, 9.17) is 4.74 Å². The minimum absolute atomic E-state index is 0.0339. The lowest BCUT2D eigenvalue weighted by Crippen LogP contribution is -2.50. The summed E-state index contributed by atoms with van der Waals surface area (Å²) in [6.07, 6.45) is 5.69. The first-order chi connectivity index (χ1) is 20.8. The van der Waals surface area contributed by atoms with Crippen LogP contribution in [0.15, 0.2) is 83.8 Å². The fraction of sp³-hybridized carbons (Fsp3) is 0.412. The molecule has 0 bridgehead atoms. The van der Waals surface area contributed by atoms with Gasteiger partial charge in [-0.2, -0.15) is 0 Å². The Kier molecular flexibility index (Phi) is 11.8. The van der Waals surface area contributed by atoms with Gasteiger partial charge in [0.2, 0.25) is 21.8 Å². The Balaban J connectivity index is 1.53. The lowest BCUT2D eigenvalue weighted by Gasteiger charge is -2.32. The van der Waals surface area contributed by atoms with Gasteiger partial charge in [-0.25, -0.2) is 13.1 Å². The van der Waals surface area contributed by atoms with E-state index in [9.17, 15) is 18.0 Å².